The van der Waals surface area contributed by atoms with E-state index in [1.165, 1.54) is 12.8 Å². The van der Waals surface area contributed by atoms with Crippen LogP contribution >= 0.6 is 23.8 Å². The molecular formula is C23H23ClN4S. The molecule has 0 unspecified atom stereocenters. The Balaban J connectivity index is 1.85. The SMILES string of the molecule is CC1(C)C(=S)N(c2ccc(C#N)cc2)C(=Nc2ccc(Cl)cc2)[C@H]1N1CCCC1. The van der Waals surface area contributed by atoms with Gasteiger partial charge < -0.3 is 0 Å². The van der Waals surface area contributed by atoms with Gasteiger partial charge in [0.2, 0.25) is 0 Å². The van der Waals surface area contributed by atoms with E-state index in [-0.39, 0.29) is 11.5 Å². The number of rotatable bonds is 3. The summed E-state index contributed by atoms with van der Waals surface area (Å²) in [5.74, 6) is 0.939. The summed E-state index contributed by atoms with van der Waals surface area (Å²) in [5, 5.41) is 9.84. The van der Waals surface area contributed by atoms with Gasteiger partial charge in [-0.2, -0.15) is 5.26 Å². The molecule has 2 aliphatic heterocycles. The van der Waals surface area contributed by atoms with Crippen molar-refractivity contribution in [2.24, 2.45) is 10.4 Å². The first-order valence-electron chi connectivity index (χ1n) is 9.85. The van der Waals surface area contributed by atoms with Gasteiger partial charge in [0.15, 0.2) is 0 Å². The van der Waals surface area contributed by atoms with Gasteiger partial charge in [-0.15, -0.1) is 0 Å². The van der Waals surface area contributed by atoms with Crippen molar-refractivity contribution in [2.75, 3.05) is 18.0 Å². The molecule has 0 amide bonds. The highest BCUT2D eigenvalue weighted by atomic mass is 35.5. The summed E-state index contributed by atoms with van der Waals surface area (Å²) in [4.78, 5) is 10.5. The third kappa shape index (κ3) is 3.69. The molecule has 4 rings (SSSR count). The number of amidine groups is 1. The van der Waals surface area contributed by atoms with Crippen molar-refractivity contribution in [1.82, 2.24) is 4.90 Å². The molecule has 4 nitrogen and oxygen atoms in total. The molecule has 2 fully saturated rings. The summed E-state index contributed by atoms with van der Waals surface area (Å²) in [5.41, 5.74) is 2.19. The lowest BCUT2D eigenvalue weighted by atomic mass is 9.86. The van der Waals surface area contributed by atoms with Crippen LogP contribution in [0.15, 0.2) is 53.5 Å². The molecule has 1 atom stereocenters. The van der Waals surface area contributed by atoms with Gasteiger partial charge in [0.1, 0.15) is 5.84 Å². The van der Waals surface area contributed by atoms with Crippen LogP contribution in [0, 0.1) is 16.7 Å². The Morgan fingerprint density at radius 1 is 1.07 bits per heavy atom. The summed E-state index contributed by atoms with van der Waals surface area (Å²) < 4.78 is 0. The number of aliphatic imine (C=N–C) groups is 1. The molecule has 29 heavy (non-hydrogen) atoms. The minimum atomic E-state index is -0.237. The summed E-state index contributed by atoms with van der Waals surface area (Å²) in [6, 6.07) is 17.4. The fourth-order valence-electron chi connectivity index (χ4n) is 4.27. The molecule has 6 heteroatoms. The molecule has 0 N–H and O–H groups in total. The lowest BCUT2D eigenvalue weighted by Crippen LogP contribution is -2.46. The van der Waals surface area contributed by atoms with E-state index in [2.05, 4.69) is 29.7 Å². The van der Waals surface area contributed by atoms with Crippen molar-refractivity contribution < 1.29 is 0 Å². The average molecular weight is 423 g/mol. The predicted octanol–water partition coefficient (Wildman–Crippen LogP) is 5.58. The second-order valence-electron chi connectivity index (χ2n) is 8.11. The first kappa shape index (κ1) is 20.0. The van der Waals surface area contributed by atoms with Gasteiger partial charge in [-0.25, -0.2) is 4.99 Å². The summed E-state index contributed by atoms with van der Waals surface area (Å²) >= 11 is 12.0. The van der Waals surface area contributed by atoms with Gasteiger partial charge >= 0.3 is 0 Å². The zero-order valence-electron chi connectivity index (χ0n) is 16.6. The molecular weight excluding hydrogens is 400 g/mol. The Labute approximate surface area is 182 Å². The third-order valence-electron chi connectivity index (χ3n) is 5.74. The van der Waals surface area contributed by atoms with Crippen LogP contribution in [0.1, 0.15) is 32.3 Å². The number of halogens is 1. The van der Waals surface area contributed by atoms with Crippen molar-refractivity contribution in [1.29, 1.82) is 5.26 Å². The Hall–Kier alpha value is -2.26. The Morgan fingerprint density at radius 2 is 1.69 bits per heavy atom. The van der Waals surface area contributed by atoms with Crippen molar-refractivity contribution in [3.63, 3.8) is 0 Å². The van der Waals surface area contributed by atoms with Gasteiger partial charge in [0.25, 0.3) is 0 Å². The van der Waals surface area contributed by atoms with E-state index in [9.17, 15) is 0 Å². The molecule has 0 aliphatic carbocycles. The van der Waals surface area contributed by atoms with Crippen molar-refractivity contribution >= 4 is 46.0 Å². The van der Waals surface area contributed by atoms with E-state index in [1.807, 2.05) is 48.5 Å². The van der Waals surface area contributed by atoms with Gasteiger partial charge in [0.05, 0.1) is 28.4 Å². The number of benzene rings is 2. The van der Waals surface area contributed by atoms with E-state index >= 15 is 0 Å². The number of nitrogens with zero attached hydrogens (tertiary/aromatic N) is 4. The highest BCUT2D eigenvalue weighted by Crippen LogP contribution is 2.42. The number of anilines is 1. The molecule has 148 valence electrons. The van der Waals surface area contributed by atoms with E-state index in [1.54, 1.807) is 0 Å². The van der Waals surface area contributed by atoms with Crippen molar-refractivity contribution in [3.8, 4) is 6.07 Å². The van der Waals surface area contributed by atoms with Gasteiger partial charge in [-0.3, -0.25) is 9.80 Å². The smallest absolute Gasteiger partial charge is 0.133 e. The van der Waals surface area contributed by atoms with Crippen LogP contribution < -0.4 is 4.90 Å². The highest BCUT2D eigenvalue weighted by molar-refractivity contribution is 7.80. The summed E-state index contributed by atoms with van der Waals surface area (Å²) in [7, 11) is 0. The highest BCUT2D eigenvalue weighted by Gasteiger charge is 2.52. The van der Waals surface area contributed by atoms with E-state index in [0.717, 1.165) is 35.3 Å². The molecule has 0 aromatic heterocycles. The number of hydrogen-bond donors (Lipinski definition) is 0. The van der Waals surface area contributed by atoms with Crippen molar-refractivity contribution in [3.05, 3.63) is 59.1 Å². The first-order valence-corrected chi connectivity index (χ1v) is 10.6. The molecule has 2 aromatic rings. The lowest BCUT2D eigenvalue weighted by molar-refractivity contribution is 0.224. The van der Waals surface area contributed by atoms with Gasteiger partial charge in [0, 0.05) is 16.1 Å². The van der Waals surface area contributed by atoms with E-state index < -0.39 is 0 Å². The van der Waals surface area contributed by atoms with Gasteiger partial charge in [-0.05, 0) is 74.5 Å². The number of hydrogen-bond acceptors (Lipinski definition) is 4. The Bertz CT molecular complexity index is 983. The maximum absolute atomic E-state index is 9.15. The van der Waals surface area contributed by atoms with E-state index in [4.69, 9.17) is 34.1 Å². The zero-order valence-corrected chi connectivity index (χ0v) is 18.2. The molecule has 0 saturated carbocycles. The second-order valence-corrected chi connectivity index (χ2v) is 8.94. The maximum Gasteiger partial charge on any atom is 0.133 e. The zero-order chi connectivity index (χ0) is 20.6. The van der Waals surface area contributed by atoms with Crippen molar-refractivity contribution in [2.45, 2.75) is 32.7 Å². The van der Waals surface area contributed by atoms with Crippen LogP contribution in [0.5, 0.6) is 0 Å². The first-order chi connectivity index (χ1) is 13.9. The fourth-order valence-corrected chi connectivity index (χ4v) is 4.70. The molecule has 0 bridgehead atoms. The third-order valence-corrected chi connectivity index (χ3v) is 6.70. The normalized spacial score (nSPS) is 23.0. The summed E-state index contributed by atoms with van der Waals surface area (Å²) in [6.45, 7) is 6.52. The molecule has 2 heterocycles. The second kappa shape index (κ2) is 7.87. The van der Waals surface area contributed by atoms with Crippen LogP contribution in [0.2, 0.25) is 5.02 Å². The maximum atomic E-state index is 9.15. The van der Waals surface area contributed by atoms with Crippen LogP contribution in [-0.4, -0.2) is 34.9 Å². The van der Waals surface area contributed by atoms with Crippen LogP contribution in [0.3, 0.4) is 0 Å². The largest absolute Gasteiger partial charge is 0.293 e. The molecule has 2 aromatic carbocycles. The molecule has 2 saturated heterocycles. The number of thiocarbonyl (C=S) groups is 1. The minimum Gasteiger partial charge on any atom is -0.293 e. The Kier molecular flexibility index (Phi) is 5.44. The van der Waals surface area contributed by atoms with Crippen LogP contribution in [0.4, 0.5) is 11.4 Å². The molecule has 0 spiro atoms. The van der Waals surface area contributed by atoms with Crippen LogP contribution in [-0.2, 0) is 0 Å². The molecule has 2 aliphatic rings. The fraction of sp³-hybridized carbons (Fsp3) is 0.348. The Morgan fingerprint density at radius 3 is 2.28 bits per heavy atom. The van der Waals surface area contributed by atoms with E-state index in [0.29, 0.717) is 10.6 Å². The standard InChI is InChI=1S/C23H23ClN4S/c1-23(2)20(27-13-3-4-14-27)21(26-18-9-7-17(24)8-10-18)28(22(23)29)19-11-5-16(15-25)6-12-19/h5-12,20H,3-4,13-14H2,1-2H3/t20-/m1/s1. The predicted molar refractivity (Wildman–Crippen MR) is 123 cm³/mol. The number of nitriles is 1. The topological polar surface area (TPSA) is 42.6 Å². The number of likely N-dealkylation sites (tertiary alicyclic amines) is 1. The average Bonchev–Trinajstić information content (AvgIpc) is 3.29. The van der Waals surface area contributed by atoms with Gasteiger partial charge in [-0.1, -0.05) is 37.7 Å². The lowest BCUT2D eigenvalue weighted by Gasteiger charge is -2.32. The monoisotopic (exact) mass is 422 g/mol. The minimum absolute atomic E-state index is 0.101. The molecule has 0 radical (unpaired) electrons. The van der Waals surface area contributed by atoms with Crippen LogP contribution in [0.25, 0.3) is 0 Å². The quantitative estimate of drug-likeness (QED) is 0.605. The summed E-state index contributed by atoms with van der Waals surface area (Å²) in [6.07, 6.45) is 2.40.